The third-order valence-electron chi connectivity index (χ3n) is 2.70. The molecule has 2 aromatic heterocycles. The first-order chi connectivity index (χ1) is 8.24. The Kier molecular flexibility index (Phi) is 2.58. The van der Waals surface area contributed by atoms with Gasteiger partial charge in [-0.05, 0) is 29.5 Å². The van der Waals surface area contributed by atoms with Crippen molar-refractivity contribution in [2.24, 2.45) is 0 Å². The normalized spacial score (nSPS) is 10.9. The van der Waals surface area contributed by atoms with Gasteiger partial charge in [-0.2, -0.15) is 0 Å². The second-order valence-corrected chi connectivity index (χ2v) is 5.05. The first-order valence-electron chi connectivity index (χ1n) is 5.30. The zero-order valence-corrected chi connectivity index (χ0v) is 11.4. The van der Waals surface area contributed by atoms with Crippen molar-refractivity contribution in [2.75, 3.05) is 0 Å². The van der Waals surface area contributed by atoms with E-state index < -0.39 is 0 Å². The van der Waals surface area contributed by atoms with Gasteiger partial charge in [0.1, 0.15) is 3.70 Å². The zero-order valence-electron chi connectivity index (χ0n) is 9.26. The molecule has 2 heterocycles. The van der Waals surface area contributed by atoms with Gasteiger partial charge in [0.25, 0.3) is 0 Å². The number of nitrogens with zero attached hydrogens (tertiary/aromatic N) is 3. The Bertz CT molecular complexity index is 671. The van der Waals surface area contributed by atoms with E-state index in [2.05, 4.69) is 63.7 Å². The Morgan fingerprint density at radius 1 is 1.06 bits per heavy atom. The maximum Gasteiger partial charge on any atom is 0.156 e. The van der Waals surface area contributed by atoms with Gasteiger partial charge in [0.05, 0.1) is 18.1 Å². The highest BCUT2D eigenvalue weighted by molar-refractivity contribution is 14.1. The summed E-state index contributed by atoms with van der Waals surface area (Å²) in [5.74, 6) is 0. The van der Waals surface area contributed by atoms with Gasteiger partial charge in [0, 0.05) is 11.8 Å². The highest BCUT2D eigenvalue weighted by Crippen LogP contribution is 2.19. The lowest BCUT2D eigenvalue weighted by Gasteiger charge is -2.03. The van der Waals surface area contributed by atoms with E-state index in [-0.39, 0.29) is 0 Å². The number of aryl methyl sites for hydroxylation is 1. The molecule has 0 N–H and O–H groups in total. The molecule has 3 rings (SSSR count). The first kappa shape index (κ1) is 10.7. The predicted octanol–water partition coefficient (Wildman–Crippen LogP) is 3.31. The molecule has 0 spiro atoms. The van der Waals surface area contributed by atoms with Crippen molar-refractivity contribution in [2.45, 2.75) is 6.92 Å². The highest BCUT2D eigenvalue weighted by Gasteiger charge is 2.04. The summed E-state index contributed by atoms with van der Waals surface area (Å²) in [7, 11) is 0. The van der Waals surface area contributed by atoms with Crippen molar-refractivity contribution in [1.82, 2.24) is 14.4 Å². The lowest BCUT2D eigenvalue weighted by molar-refractivity contribution is 1.11. The third-order valence-corrected chi connectivity index (χ3v) is 3.50. The number of hydrogen-bond acceptors (Lipinski definition) is 2. The standard InChI is InChI=1S/C13H10IN3/c1-9-2-4-10(5-3-9)11-8-17-12(14)6-16-13(17)7-15-11/h2-8H,1H3. The second-order valence-electron chi connectivity index (χ2n) is 3.95. The number of hydrogen-bond donors (Lipinski definition) is 0. The van der Waals surface area contributed by atoms with E-state index in [4.69, 9.17) is 0 Å². The molecule has 84 valence electrons. The van der Waals surface area contributed by atoms with Crippen molar-refractivity contribution in [3.63, 3.8) is 0 Å². The van der Waals surface area contributed by atoms with Gasteiger partial charge in [0.2, 0.25) is 0 Å². The van der Waals surface area contributed by atoms with Crippen LogP contribution in [0.5, 0.6) is 0 Å². The van der Waals surface area contributed by atoms with Gasteiger partial charge in [-0.1, -0.05) is 29.8 Å². The predicted molar refractivity (Wildman–Crippen MR) is 75.9 cm³/mol. The Balaban J connectivity index is 2.17. The molecule has 1 aromatic carbocycles. The molecule has 4 heteroatoms. The van der Waals surface area contributed by atoms with Gasteiger partial charge < -0.3 is 0 Å². The summed E-state index contributed by atoms with van der Waals surface area (Å²) in [4.78, 5) is 8.69. The van der Waals surface area contributed by atoms with Crippen LogP contribution in [0.25, 0.3) is 16.9 Å². The molecule has 17 heavy (non-hydrogen) atoms. The molecule has 0 atom stereocenters. The number of imidazole rings is 1. The Morgan fingerprint density at radius 2 is 1.82 bits per heavy atom. The molecule has 3 aromatic rings. The highest BCUT2D eigenvalue weighted by atomic mass is 127. The molecular weight excluding hydrogens is 325 g/mol. The fourth-order valence-electron chi connectivity index (χ4n) is 1.73. The zero-order chi connectivity index (χ0) is 11.8. The van der Waals surface area contributed by atoms with Crippen LogP contribution in [-0.2, 0) is 0 Å². The molecule has 0 aliphatic heterocycles. The molecule has 0 radical (unpaired) electrons. The summed E-state index contributed by atoms with van der Waals surface area (Å²) in [5.41, 5.74) is 4.23. The summed E-state index contributed by atoms with van der Waals surface area (Å²) < 4.78 is 3.14. The topological polar surface area (TPSA) is 30.2 Å². The van der Waals surface area contributed by atoms with Crippen LogP contribution in [0.15, 0.2) is 42.9 Å². The number of halogens is 1. The number of aromatic nitrogens is 3. The largest absolute Gasteiger partial charge is 0.291 e. The Labute approximate surface area is 113 Å². The quantitative estimate of drug-likeness (QED) is 0.639. The van der Waals surface area contributed by atoms with E-state index in [0.717, 1.165) is 20.6 Å². The average Bonchev–Trinajstić information content (AvgIpc) is 2.72. The maximum atomic E-state index is 4.43. The summed E-state index contributed by atoms with van der Waals surface area (Å²) >= 11 is 2.27. The van der Waals surface area contributed by atoms with Gasteiger partial charge >= 0.3 is 0 Å². The lowest BCUT2D eigenvalue weighted by atomic mass is 10.1. The summed E-state index contributed by atoms with van der Waals surface area (Å²) in [6.45, 7) is 2.08. The van der Waals surface area contributed by atoms with E-state index in [1.807, 2.05) is 16.8 Å². The molecule has 3 nitrogen and oxygen atoms in total. The van der Waals surface area contributed by atoms with Crippen LogP contribution in [0.4, 0.5) is 0 Å². The minimum absolute atomic E-state index is 0.880. The minimum Gasteiger partial charge on any atom is -0.291 e. The van der Waals surface area contributed by atoms with Crippen LogP contribution in [-0.4, -0.2) is 14.4 Å². The first-order valence-corrected chi connectivity index (χ1v) is 6.37. The summed E-state index contributed by atoms with van der Waals surface area (Å²) in [6, 6.07) is 8.38. The lowest BCUT2D eigenvalue weighted by Crippen LogP contribution is -1.92. The van der Waals surface area contributed by atoms with E-state index in [1.165, 1.54) is 5.56 Å². The van der Waals surface area contributed by atoms with Gasteiger partial charge in [0.15, 0.2) is 5.65 Å². The Hall–Kier alpha value is -1.43. The molecule has 0 saturated heterocycles. The molecule has 0 saturated carbocycles. The van der Waals surface area contributed by atoms with Crippen LogP contribution >= 0.6 is 22.6 Å². The van der Waals surface area contributed by atoms with E-state index in [1.54, 1.807) is 6.20 Å². The summed E-state index contributed by atoms with van der Waals surface area (Å²) in [5, 5.41) is 0. The minimum atomic E-state index is 0.880. The fourth-order valence-corrected chi connectivity index (χ4v) is 2.26. The van der Waals surface area contributed by atoms with Gasteiger partial charge in [-0.3, -0.25) is 9.38 Å². The van der Waals surface area contributed by atoms with Crippen LogP contribution < -0.4 is 0 Å². The average molecular weight is 335 g/mol. The number of rotatable bonds is 1. The van der Waals surface area contributed by atoms with Crippen molar-refractivity contribution in [1.29, 1.82) is 0 Å². The van der Waals surface area contributed by atoms with Crippen LogP contribution in [0.1, 0.15) is 5.56 Å². The number of benzene rings is 1. The van der Waals surface area contributed by atoms with Crippen molar-refractivity contribution < 1.29 is 0 Å². The van der Waals surface area contributed by atoms with E-state index in [9.17, 15) is 0 Å². The molecule has 0 amide bonds. The monoisotopic (exact) mass is 335 g/mol. The number of fused-ring (bicyclic) bond motifs is 1. The maximum absolute atomic E-state index is 4.43. The van der Waals surface area contributed by atoms with Gasteiger partial charge in [-0.25, -0.2) is 4.98 Å². The van der Waals surface area contributed by atoms with Crippen LogP contribution in [0.3, 0.4) is 0 Å². The van der Waals surface area contributed by atoms with Crippen LogP contribution in [0, 0.1) is 10.6 Å². The molecular formula is C13H10IN3. The van der Waals surface area contributed by atoms with E-state index in [0.29, 0.717) is 0 Å². The van der Waals surface area contributed by atoms with Crippen molar-refractivity contribution in [3.05, 3.63) is 52.1 Å². The molecule has 0 aliphatic carbocycles. The summed E-state index contributed by atoms with van der Waals surface area (Å²) in [6.07, 6.45) is 5.67. The third kappa shape index (κ3) is 1.93. The molecule has 0 fully saturated rings. The van der Waals surface area contributed by atoms with Crippen molar-refractivity contribution >= 4 is 28.2 Å². The van der Waals surface area contributed by atoms with Gasteiger partial charge in [-0.15, -0.1) is 0 Å². The fraction of sp³-hybridized carbons (Fsp3) is 0.0769. The van der Waals surface area contributed by atoms with Crippen LogP contribution in [0.2, 0.25) is 0 Å². The Morgan fingerprint density at radius 3 is 2.59 bits per heavy atom. The second kappa shape index (κ2) is 4.10. The SMILES string of the molecule is Cc1ccc(-c2cn3c(I)cnc3cn2)cc1. The molecule has 0 aliphatic rings. The smallest absolute Gasteiger partial charge is 0.156 e. The molecule has 0 unspecified atom stereocenters. The van der Waals surface area contributed by atoms with Crippen molar-refractivity contribution in [3.8, 4) is 11.3 Å². The van der Waals surface area contributed by atoms with E-state index >= 15 is 0 Å². The molecule has 0 bridgehead atoms.